The molecule has 0 aliphatic carbocycles. The number of ether oxygens (including phenoxy) is 1. The minimum atomic E-state index is -0.801. The number of carboxylic acids is 1. The van der Waals surface area contributed by atoms with E-state index in [0.29, 0.717) is 13.2 Å². The lowest BCUT2D eigenvalue weighted by Gasteiger charge is -2.35. The highest BCUT2D eigenvalue weighted by Crippen LogP contribution is 2.27. The first-order valence-electron chi connectivity index (χ1n) is 7.01. The monoisotopic (exact) mass is 278 g/mol. The number of piperidine rings is 1. The van der Waals surface area contributed by atoms with Crippen LogP contribution in [-0.4, -0.2) is 48.3 Å². The minimum absolute atomic E-state index is 0.0275. The van der Waals surface area contributed by atoms with Gasteiger partial charge in [0.15, 0.2) is 0 Å². The van der Waals surface area contributed by atoms with Crippen molar-refractivity contribution in [2.45, 2.75) is 25.3 Å². The fourth-order valence-electron chi connectivity index (χ4n) is 2.80. The quantitative estimate of drug-likeness (QED) is 0.848. The number of carboxylic acid groups (broad SMARTS) is 1. The van der Waals surface area contributed by atoms with Crippen LogP contribution in [0.15, 0.2) is 24.3 Å². The second-order valence-corrected chi connectivity index (χ2v) is 5.28. The van der Waals surface area contributed by atoms with E-state index in [1.165, 1.54) is 5.56 Å². The summed E-state index contributed by atoms with van der Waals surface area (Å²) in [6.45, 7) is 4.06. The van der Waals surface area contributed by atoms with E-state index in [1.807, 2.05) is 36.1 Å². The van der Waals surface area contributed by atoms with Gasteiger partial charge in [0.05, 0.1) is 13.2 Å². The third-order valence-corrected chi connectivity index (χ3v) is 3.58. The number of likely N-dealkylation sites (tertiary alicyclic amines) is 1. The van der Waals surface area contributed by atoms with Gasteiger partial charge >= 0.3 is 5.97 Å². The highest BCUT2D eigenvalue weighted by molar-refractivity contribution is 5.69. The van der Waals surface area contributed by atoms with E-state index in [9.17, 15) is 4.79 Å². The van der Waals surface area contributed by atoms with E-state index in [4.69, 9.17) is 15.6 Å². The van der Waals surface area contributed by atoms with Crippen molar-refractivity contribution in [2.24, 2.45) is 5.73 Å². The zero-order valence-electron chi connectivity index (χ0n) is 11.8. The second-order valence-electron chi connectivity index (χ2n) is 5.28. The number of hydrogen-bond acceptors (Lipinski definition) is 4. The van der Waals surface area contributed by atoms with Crippen molar-refractivity contribution < 1.29 is 14.6 Å². The standard InChI is InChI=1S/C15H22N2O3/c1-2-20-14-5-3-11(4-6-14)12-7-13(16)9-17(8-12)10-15(18)19/h3-6,12-13H,2,7-10,16H2,1H3,(H,18,19). The lowest BCUT2D eigenvalue weighted by Crippen LogP contribution is -2.47. The Morgan fingerprint density at radius 1 is 1.40 bits per heavy atom. The van der Waals surface area contributed by atoms with E-state index >= 15 is 0 Å². The third kappa shape index (κ3) is 3.95. The maximum Gasteiger partial charge on any atom is 0.317 e. The fraction of sp³-hybridized carbons (Fsp3) is 0.533. The van der Waals surface area contributed by atoms with Gasteiger partial charge in [-0.1, -0.05) is 12.1 Å². The summed E-state index contributed by atoms with van der Waals surface area (Å²) in [5.41, 5.74) is 7.24. The average Bonchev–Trinajstić information content (AvgIpc) is 2.38. The van der Waals surface area contributed by atoms with Crippen LogP contribution in [0.5, 0.6) is 5.75 Å². The Kier molecular flexibility index (Phi) is 4.98. The molecule has 0 amide bonds. The van der Waals surface area contributed by atoms with Crippen molar-refractivity contribution in [3.05, 3.63) is 29.8 Å². The fourth-order valence-corrected chi connectivity index (χ4v) is 2.80. The lowest BCUT2D eigenvalue weighted by molar-refractivity contribution is -0.138. The number of aliphatic carboxylic acids is 1. The number of hydrogen-bond donors (Lipinski definition) is 2. The number of nitrogens with zero attached hydrogens (tertiary/aromatic N) is 1. The summed E-state index contributed by atoms with van der Waals surface area (Å²) in [6.07, 6.45) is 0.893. The summed E-state index contributed by atoms with van der Waals surface area (Å²) < 4.78 is 5.43. The molecule has 1 heterocycles. The van der Waals surface area contributed by atoms with Crippen molar-refractivity contribution in [1.29, 1.82) is 0 Å². The zero-order chi connectivity index (χ0) is 14.5. The lowest BCUT2D eigenvalue weighted by atomic mass is 9.88. The van der Waals surface area contributed by atoms with Crippen molar-refractivity contribution in [2.75, 3.05) is 26.2 Å². The Labute approximate surface area is 119 Å². The van der Waals surface area contributed by atoms with Crippen LogP contribution in [0.25, 0.3) is 0 Å². The highest BCUT2D eigenvalue weighted by Gasteiger charge is 2.27. The van der Waals surface area contributed by atoms with E-state index in [1.54, 1.807) is 0 Å². The maximum absolute atomic E-state index is 10.8. The predicted octanol–water partition coefficient (Wildman–Crippen LogP) is 1.29. The van der Waals surface area contributed by atoms with Crippen molar-refractivity contribution in [3.8, 4) is 5.75 Å². The van der Waals surface area contributed by atoms with Crippen LogP contribution in [0.1, 0.15) is 24.8 Å². The number of rotatable bonds is 5. The van der Waals surface area contributed by atoms with Crippen LogP contribution in [0, 0.1) is 0 Å². The smallest absolute Gasteiger partial charge is 0.317 e. The Hall–Kier alpha value is -1.59. The summed E-state index contributed by atoms with van der Waals surface area (Å²) in [4.78, 5) is 12.7. The molecule has 1 fully saturated rings. The molecule has 1 aromatic carbocycles. The molecule has 0 radical (unpaired) electrons. The van der Waals surface area contributed by atoms with Gasteiger partial charge in [0.2, 0.25) is 0 Å². The van der Waals surface area contributed by atoms with Crippen LogP contribution in [0.2, 0.25) is 0 Å². The predicted molar refractivity (Wildman–Crippen MR) is 77.0 cm³/mol. The Balaban J connectivity index is 2.04. The number of benzene rings is 1. The first-order valence-corrected chi connectivity index (χ1v) is 7.01. The largest absolute Gasteiger partial charge is 0.494 e. The Morgan fingerprint density at radius 2 is 2.10 bits per heavy atom. The van der Waals surface area contributed by atoms with E-state index in [2.05, 4.69) is 0 Å². The molecule has 110 valence electrons. The molecule has 1 aromatic rings. The molecular formula is C15H22N2O3. The van der Waals surface area contributed by atoms with Crippen LogP contribution >= 0.6 is 0 Å². The number of carbonyl (C=O) groups is 1. The Morgan fingerprint density at radius 3 is 2.70 bits per heavy atom. The zero-order valence-corrected chi connectivity index (χ0v) is 11.8. The second kappa shape index (κ2) is 6.72. The van der Waals surface area contributed by atoms with E-state index < -0.39 is 5.97 Å². The van der Waals surface area contributed by atoms with Crippen LogP contribution in [0.3, 0.4) is 0 Å². The third-order valence-electron chi connectivity index (χ3n) is 3.58. The van der Waals surface area contributed by atoms with Gasteiger partial charge < -0.3 is 15.6 Å². The first kappa shape index (κ1) is 14.8. The van der Waals surface area contributed by atoms with Crippen LogP contribution < -0.4 is 10.5 Å². The van der Waals surface area contributed by atoms with Crippen molar-refractivity contribution >= 4 is 5.97 Å². The van der Waals surface area contributed by atoms with Crippen molar-refractivity contribution in [1.82, 2.24) is 4.90 Å². The topological polar surface area (TPSA) is 75.8 Å². The molecule has 1 aliphatic rings. The van der Waals surface area contributed by atoms with Gasteiger partial charge in [0.25, 0.3) is 0 Å². The van der Waals surface area contributed by atoms with Crippen molar-refractivity contribution in [3.63, 3.8) is 0 Å². The molecule has 2 atom stereocenters. The Bertz CT molecular complexity index is 447. The van der Waals surface area contributed by atoms with E-state index in [-0.39, 0.29) is 18.5 Å². The molecule has 5 nitrogen and oxygen atoms in total. The SMILES string of the molecule is CCOc1ccc(C2CC(N)CN(CC(=O)O)C2)cc1. The molecule has 0 saturated carbocycles. The molecular weight excluding hydrogens is 256 g/mol. The number of nitrogens with two attached hydrogens (primary N) is 1. The van der Waals surface area contributed by atoms with Gasteiger partial charge in [0, 0.05) is 19.1 Å². The molecule has 1 saturated heterocycles. The van der Waals surface area contributed by atoms with Crippen LogP contribution in [0.4, 0.5) is 0 Å². The molecule has 20 heavy (non-hydrogen) atoms. The first-order chi connectivity index (χ1) is 9.58. The van der Waals surface area contributed by atoms with Crippen LogP contribution in [-0.2, 0) is 4.79 Å². The van der Waals surface area contributed by atoms with Gasteiger partial charge in [-0.2, -0.15) is 0 Å². The molecule has 0 aromatic heterocycles. The molecule has 5 heteroatoms. The molecule has 2 rings (SSSR count). The van der Waals surface area contributed by atoms with E-state index in [0.717, 1.165) is 18.7 Å². The molecule has 0 bridgehead atoms. The van der Waals surface area contributed by atoms with Gasteiger partial charge in [-0.25, -0.2) is 0 Å². The molecule has 0 spiro atoms. The normalized spacial score (nSPS) is 23.5. The molecule has 3 N–H and O–H groups in total. The highest BCUT2D eigenvalue weighted by atomic mass is 16.5. The summed E-state index contributed by atoms with van der Waals surface area (Å²) in [7, 11) is 0. The molecule has 1 aliphatic heterocycles. The summed E-state index contributed by atoms with van der Waals surface area (Å²) in [5.74, 6) is 0.345. The van der Waals surface area contributed by atoms with Gasteiger partial charge in [-0.15, -0.1) is 0 Å². The van der Waals surface area contributed by atoms with Gasteiger partial charge in [0.1, 0.15) is 5.75 Å². The average molecular weight is 278 g/mol. The van der Waals surface area contributed by atoms with Gasteiger partial charge in [-0.3, -0.25) is 9.69 Å². The summed E-state index contributed by atoms with van der Waals surface area (Å²) in [6, 6.07) is 8.04. The minimum Gasteiger partial charge on any atom is -0.494 e. The summed E-state index contributed by atoms with van der Waals surface area (Å²) >= 11 is 0. The molecule has 2 unspecified atom stereocenters. The maximum atomic E-state index is 10.8. The van der Waals surface area contributed by atoms with Gasteiger partial charge in [-0.05, 0) is 37.0 Å². The summed E-state index contributed by atoms with van der Waals surface area (Å²) in [5, 5.41) is 8.91.